The smallest absolute Gasteiger partial charge is 0.222 e. The third kappa shape index (κ3) is 2.94. The number of fused-ring (bicyclic) bond motifs is 2. The first-order valence-electron chi connectivity index (χ1n) is 7.05. The molecule has 2 unspecified atom stereocenters. The van der Waals surface area contributed by atoms with Crippen molar-refractivity contribution in [3.63, 3.8) is 0 Å². The van der Waals surface area contributed by atoms with E-state index in [1.165, 1.54) is 19.2 Å². The van der Waals surface area contributed by atoms with Gasteiger partial charge in [0.15, 0.2) is 0 Å². The van der Waals surface area contributed by atoms with Crippen LogP contribution in [0.4, 0.5) is 0 Å². The van der Waals surface area contributed by atoms with Crippen molar-refractivity contribution in [3.05, 3.63) is 12.2 Å². The summed E-state index contributed by atoms with van der Waals surface area (Å²) < 4.78 is 0. The van der Waals surface area contributed by atoms with Crippen molar-refractivity contribution < 1.29 is 4.79 Å². The van der Waals surface area contributed by atoms with Crippen LogP contribution in [0.3, 0.4) is 0 Å². The first-order valence-corrected chi connectivity index (χ1v) is 7.05. The fraction of sp³-hybridized carbons (Fsp3) is 0.769. The van der Waals surface area contributed by atoms with E-state index in [4.69, 9.17) is 0 Å². The van der Waals surface area contributed by atoms with E-state index < -0.39 is 0 Å². The molecule has 2 fully saturated rings. The zero-order valence-corrected chi connectivity index (χ0v) is 11.3. The Hall–Kier alpha value is -1.43. The van der Waals surface area contributed by atoms with Crippen LogP contribution in [-0.4, -0.2) is 45.1 Å². The minimum atomic E-state index is 0.211. The number of carbonyl (C=O) groups excluding carboxylic acids is 1. The summed E-state index contributed by atoms with van der Waals surface area (Å²) in [7, 11) is 1.83. The standard InChI is InChI=1S/C13H21N5O/c1-18(7-12-14-8-15-17-12)13(19)6-9-4-10-2-3-11(5-9)16-10/h8-11,16H,2-7H2,1H3,(H,14,15,17). The Bertz CT molecular complexity index is 420. The number of hydrogen-bond acceptors (Lipinski definition) is 4. The molecule has 1 aromatic heterocycles. The highest BCUT2D eigenvalue weighted by Gasteiger charge is 2.34. The summed E-state index contributed by atoms with van der Waals surface area (Å²) in [5.41, 5.74) is 0. The monoisotopic (exact) mass is 263 g/mol. The van der Waals surface area contributed by atoms with Gasteiger partial charge in [-0.1, -0.05) is 0 Å². The normalized spacial score (nSPS) is 29.4. The number of carbonyl (C=O) groups is 1. The molecule has 1 amide bonds. The van der Waals surface area contributed by atoms with Gasteiger partial charge in [-0.3, -0.25) is 9.89 Å². The number of nitrogens with zero attached hydrogens (tertiary/aromatic N) is 3. The van der Waals surface area contributed by atoms with E-state index in [0.29, 0.717) is 31.0 Å². The SMILES string of the molecule is CN(Cc1ncn[nH]1)C(=O)CC1CC2CCC(C1)N2. The first kappa shape index (κ1) is 12.6. The van der Waals surface area contributed by atoms with Gasteiger partial charge in [-0.15, -0.1) is 0 Å². The third-order valence-electron chi connectivity index (χ3n) is 4.31. The van der Waals surface area contributed by atoms with Crippen LogP contribution in [0, 0.1) is 5.92 Å². The summed E-state index contributed by atoms with van der Waals surface area (Å²) in [5.74, 6) is 1.49. The van der Waals surface area contributed by atoms with Gasteiger partial charge in [0.2, 0.25) is 5.91 Å². The first-order chi connectivity index (χ1) is 9.20. The van der Waals surface area contributed by atoms with Crippen LogP contribution >= 0.6 is 0 Å². The van der Waals surface area contributed by atoms with Crippen molar-refractivity contribution in [3.8, 4) is 0 Å². The Morgan fingerprint density at radius 2 is 2.16 bits per heavy atom. The molecule has 6 nitrogen and oxygen atoms in total. The molecular weight excluding hydrogens is 242 g/mol. The predicted octanol–water partition coefficient (Wildman–Crippen LogP) is 0.684. The average Bonchev–Trinajstić information content (AvgIpc) is 2.99. The number of piperidine rings is 1. The molecule has 104 valence electrons. The van der Waals surface area contributed by atoms with Crippen LogP contribution in [0.5, 0.6) is 0 Å². The summed E-state index contributed by atoms with van der Waals surface area (Å²) in [6.07, 6.45) is 7.00. The fourth-order valence-corrected chi connectivity index (χ4v) is 3.36. The Kier molecular flexibility index (Phi) is 3.50. The molecule has 0 spiro atoms. The van der Waals surface area contributed by atoms with E-state index in [2.05, 4.69) is 20.5 Å². The minimum Gasteiger partial charge on any atom is -0.338 e. The highest BCUT2D eigenvalue weighted by atomic mass is 16.2. The Morgan fingerprint density at radius 3 is 2.79 bits per heavy atom. The number of nitrogens with one attached hydrogen (secondary N) is 2. The molecule has 2 aliphatic rings. The van der Waals surface area contributed by atoms with Gasteiger partial charge in [0, 0.05) is 25.6 Å². The van der Waals surface area contributed by atoms with Crippen LogP contribution in [0.1, 0.15) is 37.9 Å². The fourth-order valence-electron chi connectivity index (χ4n) is 3.36. The molecular formula is C13H21N5O. The summed E-state index contributed by atoms with van der Waals surface area (Å²) in [6, 6.07) is 1.30. The predicted molar refractivity (Wildman–Crippen MR) is 70.1 cm³/mol. The Balaban J connectivity index is 1.50. The lowest BCUT2D eigenvalue weighted by atomic mass is 9.89. The van der Waals surface area contributed by atoms with E-state index in [1.807, 2.05) is 7.05 Å². The van der Waals surface area contributed by atoms with Crippen molar-refractivity contribution in [2.75, 3.05) is 7.05 Å². The molecule has 2 saturated heterocycles. The molecule has 19 heavy (non-hydrogen) atoms. The molecule has 2 aliphatic heterocycles. The molecule has 6 heteroatoms. The Labute approximate surface area is 113 Å². The van der Waals surface area contributed by atoms with Gasteiger partial charge < -0.3 is 10.2 Å². The van der Waals surface area contributed by atoms with Crippen molar-refractivity contribution >= 4 is 5.91 Å². The molecule has 1 aromatic rings. The molecule has 3 rings (SSSR count). The maximum absolute atomic E-state index is 12.2. The molecule has 2 N–H and O–H groups in total. The van der Waals surface area contributed by atoms with Crippen LogP contribution in [-0.2, 0) is 11.3 Å². The Morgan fingerprint density at radius 1 is 1.42 bits per heavy atom. The molecule has 0 aliphatic carbocycles. The molecule has 2 bridgehead atoms. The summed E-state index contributed by atoms with van der Waals surface area (Å²) in [5, 5.41) is 10.2. The second kappa shape index (κ2) is 5.28. The maximum atomic E-state index is 12.2. The van der Waals surface area contributed by atoms with Gasteiger partial charge in [-0.05, 0) is 31.6 Å². The maximum Gasteiger partial charge on any atom is 0.222 e. The number of hydrogen-bond donors (Lipinski definition) is 2. The largest absolute Gasteiger partial charge is 0.338 e. The third-order valence-corrected chi connectivity index (χ3v) is 4.31. The topological polar surface area (TPSA) is 73.9 Å². The highest BCUT2D eigenvalue weighted by molar-refractivity contribution is 5.76. The lowest BCUT2D eigenvalue weighted by Gasteiger charge is -2.29. The second-order valence-corrected chi connectivity index (χ2v) is 5.86. The van der Waals surface area contributed by atoms with Crippen LogP contribution in [0.2, 0.25) is 0 Å². The molecule has 0 saturated carbocycles. The van der Waals surface area contributed by atoms with Gasteiger partial charge in [0.25, 0.3) is 0 Å². The van der Waals surface area contributed by atoms with Crippen molar-refractivity contribution in [1.82, 2.24) is 25.4 Å². The van der Waals surface area contributed by atoms with E-state index in [9.17, 15) is 4.79 Å². The number of rotatable bonds is 4. The van der Waals surface area contributed by atoms with E-state index in [1.54, 1.807) is 4.90 Å². The molecule has 2 atom stereocenters. The molecule has 3 heterocycles. The van der Waals surface area contributed by atoms with E-state index in [0.717, 1.165) is 18.7 Å². The second-order valence-electron chi connectivity index (χ2n) is 5.86. The summed E-state index contributed by atoms with van der Waals surface area (Å²) in [6.45, 7) is 0.511. The summed E-state index contributed by atoms with van der Waals surface area (Å²) >= 11 is 0. The van der Waals surface area contributed by atoms with Crippen LogP contribution < -0.4 is 5.32 Å². The van der Waals surface area contributed by atoms with Gasteiger partial charge in [0.1, 0.15) is 12.2 Å². The zero-order chi connectivity index (χ0) is 13.2. The van der Waals surface area contributed by atoms with Crippen LogP contribution in [0.25, 0.3) is 0 Å². The van der Waals surface area contributed by atoms with Gasteiger partial charge >= 0.3 is 0 Å². The lowest BCUT2D eigenvalue weighted by molar-refractivity contribution is -0.131. The van der Waals surface area contributed by atoms with Gasteiger partial charge in [0.05, 0.1) is 6.54 Å². The van der Waals surface area contributed by atoms with E-state index >= 15 is 0 Å². The minimum absolute atomic E-state index is 0.211. The lowest BCUT2D eigenvalue weighted by Crippen LogP contribution is -2.40. The van der Waals surface area contributed by atoms with Crippen molar-refractivity contribution in [2.24, 2.45) is 5.92 Å². The van der Waals surface area contributed by atoms with Crippen molar-refractivity contribution in [1.29, 1.82) is 0 Å². The van der Waals surface area contributed by atoms with Gasteiger partial charge in [-0.2, -0.15) is 5.10 Å². The zero-order valence-electron chi connectivity index (χ0n) is 11.3. The number of H-pyrrole nitrogens is 1. The number of aromatic nitrogens is 3. The van der Waals surface area contributed by atoms with E-state index in [-0.39, 0.29) is 5.91 Å². The highest BCUT2D eigenvalue weighted by Crippen LogP contribution is 2.32. The van der Waals surface area contributed by atoms with Gasteiger partial charge in [-0.25, -0.2) is 4.98 Å². The summed E-state index contributed by atoms with van der Waals surface area (Å²) in [4.78, 5) is 18.0. The number of aromatic amines is 1. The van der Waals surface area contributed by atoms with Crippen molar-refractivity contribution in [2.45, 2.75) is 50.7 Å². The molecule has 0 radical (unpaired) electrons. The quantitative estimate of drug-likeness (QED) is 0.838. The number of amides is 1. The van der Waals surface area contributed by atoms with Crippen LogP contribution in [0.15, 0.2) is 6.33 Å². The molecule has 0 aromatic carbocycles. The average molecular weight is 263 g/mol.